The van der Waals surface area contributed by atoms with Gasteiger partial charge in [0.05, 0.1) is 6.54 Å². The number of ether oxygens (including phenoxy) is 1. The van der Waals surface area contributed by atoms with Gasteiger partial charge in [-0.25, -0.2) is 4.79 Å². The van der Waals surface area contributed by atoms with Gasteiger partial charge in [0.25, 0.3) is 5.91 Å². The third-order valence-electron chi connectivity index (χ3n) is 3.23. The zero-order valence-electron chi connectivity index (χ0n) is 11.6. The second kappa shape index (κ2) is 5.88. The van der Waals surface area contributed by atoms with Crippen LogP contribution in [0.4, 0.5) is 0 Å². The Morgan fingerprint density at radius 2 is 2.16 bits per heavy atom. The van der Waals surface area contributed by atoms with Gasteiger partial charge in [0.15, 0.2) is 0 Å². The molecule has 19 heavy (non-hydrogen) atoms. The van der Waals surface area contributed by atoms with E-state index >= 15 is 0 Å². The fourth-order valence-electron chi connectivity index (χ4n) is 1.60. The van der Waals surface area contributed by atoms with Crippen LogP contribution in [0.15, 0.2) is 10.5 Å². The van der Waals surface area contributed by atoms with Gasteiger partial charge < -0.3 is 19.6 Å². The maximum Gasteiger partial charge on any atom is 0.339 e. The van der Waals surface area contributed by atoms with Gasteiger partial charge in [-0.1, -0.05) is 6.92 Å². The van der Waals surface area contributed by atoms with Crippen LogP contribution in [-0.2, 0) is 16.1 Å². The average Bonchev–Trinajstić information content (AvgIpc) is 2.76. The second-order valence-corrected chi connectivity index (χ2v) is 4.46. The summed E-state index contributed by atoms with van der Waals surface area (Å²) < 4.78 is 10.4. The Morgan fingerprint density at radius 1 is 1.53 bits per heavy atom. The summed E-state index contributed by atoms with van der Waals surface area (Å²) in [5.41, 5.74) is -0.786. The molecular weight excluding hydrogens is 250 g/mol. The molecule has 6 nitrogen and oxygen atoms in total. The summed E-state index contributed by atoms with van der Waals surface area (Å²) >= 11 is 0. The van der Waals surface area contributed by atoms with Crippen molar-refractivity contribution in [3.05, 3.63) is 23.2 Å². The molecule has 0 bridgehead atoms. The minimum Gasteiger partial charge on any atom is -0.478 e. The summed E-state index contributed by atoms with van der Waals surface area (Å²) in [4.78, 5) is 22.8. The molecule has 1 heterocycles. The zero-order valence-corrected chi connectivity index (χ0v) is 11.6. The van der Waals surface area contributed by atoms with Crippen LogP contribution < -0.4 is 5.32 Å². The molecule has 0 fully saturated rings. The predicted molar refractivity (Wildman–Crippen MR) is 68.0 cm³/mol. The number of amides is 1. The predicted octanol–water partition coefficient (Wildman–Crippen LogP) is 1.72. The van der Waals surface area contributed by atoms with Crippen molar-refractivity contribution in [2.75, 3.05) is 7.11 Å². The lowest BCUT2D eigenvalue weighted by atomic mass is 10.0. The Labute approximate surface area is 111 Å². The summed E-state index contributed by atoms with van der Waals surface area (Å²) in [6.07, 6.45) is 0.535. The second-order valence-electron chi connectivity index (χ2n) is 4.46. The molecule has 0 radical (unpaired) electrons. The number of carboxylic acids is 1. The SMILES string of the molecule is CCC(C)(OC)C(=O)NCc1cc(C(=O)O)c(C)o1. The highest BCUT2D eigenvalue weighted by atomic mass is 16.5. The first-order valence-electron chi connectivity index (χ1n) is 6.00. The van der Waals surface area contributed by atoms with Gasteiger partial charge in [-0.2, -0.15) is 0 Å². The number of carbonyl (C=O) groups is 2. The van der Waals surface area contributed by atoms with Crippen LogP contribution in [0.2, 0.25) is 0 Å². The maximum absolute atomic E-state index is 11.9. The Kier molecular flexibility index (Phi) is 4.72. The lowest BCUT2D eigenvalue weighted by Gasteiger charge is -2.24. The van der Waals surface area contributed by atoms with E-state index in [9.17, 15) is 9.59 Å². The number of methoxy groups -OCH3 is 1. The van der Waals surface area contributed by atoms with E-state index in [-0.39, 0.29) is 18.0 Å². The lowest BCUT2D eigenvalue weighted by Crippen LogP contribution is -2.45. The number of aromatic carboxylic acids is 1. The molecule has 6 heteroatoms. The summed E-state index contributed by atoms with van der Waals surface area (Å²) in [7, 11) is 1.47. The highest BCUT2D eigenvalue weighted by molar-refractivity contribution is 5.89. The van der Waals surface area contributed by atoms with Crippen LogP contribution in [0.3, 0.4) is 0 Å². The smallest absolute Gasteiger partial charge is 0.339 e. The van der Waals surface area contributed by atoms with Gasteiger partial charge in [0.2, 0.25) is 0 Å². The highest BCUT2D eigenvalue weighted by Gasteiger charge is 2.30. The van der Waals surface area contributed by atoms with Crippen molar-refractivity contribution in [2.24, 2.45) is 0 Å². The van der Waals surface area contributed by atoms with Gasteiger partial charge in [0.1, 0.15) is 22.7 Å². The normalized spacial score (nSPS) is 13.9. The molecule has 1 rings (SSSR count). The standard InChI is InChI=1S/C13H19NO5/c1-5-13(3,18-4)12(17)14-7-9-6-10(11(15)16)8(2)19-9/h6H,5,7H2,1-4H3,(H,14,17)(H,15,16). The number of carbonyl (C=O) groups excluding carboxylic acids is 1. The fraction of sp³-hybridized carbons (Fsp3) is 0.538. The number of hydrogen-bond acceptors (Lipinski definition) is 4. The van der Waals surface area contributed by atoms with Crippen molar-refractivity contribution in [3.63, 3.8) is 0 Å². The van der Waals surface area contributed by atoms with Crippen LogP contribution in [0, 0.1) is 6.92 Å². The van der Waals surface area contributed by atoms with E-state index in [1.807, 2.05) is 6.92 Å². The van der Waals surface area contributed by atoms with E-state index < -0.39 is 11.6 Å². The van der Waals surface area contributed by atoms with Crippen LogP contribution in [0.25, 0.3) is 0 Å². The van der Waals surface area contributed by atoms with E-state index in [0.29, 0.717) is 17.9 Å². The number of hydrogen-bond donors (Lipinski definition) is 2. The third kappa shape index (κ3) is 3.35. The molecular formula is C13H19NO5. The quantitative estimate of drug-likeness (QED) is 0.820. The molecule has 2 N–H and O–H groups in total. The van der Waals surface area contributed by atoms with Gasteiger partial charge in [-0.3, -0.25) is 4.79 Å². The molecule has 0 saturated heterocycles. The molecule has 106 valence electrons. The molecule has 0 saturated carbocycles. The summed E-state index contributed by atoms with van der Waals surface area (Å²) in [6, 6.07) is 1.41. The minimum absolute atomic E-state index is 0.106. The van der Waals surface area contributed by atoms with E-state index in [2.05, 4.69) is 5.32 Å². The van der Waals surface area contributed by atoms with Crippen molar-refractivity contribution < 1.29 is 23.8 Å². The molecule has 0 spiro atoms. The number of aryl methyl sites for hydroxylation is 1. The number of carboxylic acid groups (broad SMARTS) is 1. The van der Waals surface area contributed by atoms with Crippen LogP contribution in [0.5, 0.6) is 0 Å². The van der Waals surface area contributed by atoms with Crippen molar-refractivity contribution in [3.8, 4) is 0 Å². The van der Waals surface area contributed by atoms with Crippen molar-refractivity contribution in [2.45, 2.75) is 39.3 Å². The van der Waals surface area contributed by atoms with Crippen LogP contribution >= 0.6 is 0 Å². The van der Waals surface area contributed by atoms with Gasteiger partial charge in [-0.05, 0) is 26.3 Å². The van der Waals surface area contributed by atoms with E-state index in [1.54, 1.807) is 13.8 Å². The topological polar surface area (TPSA) is 88.8 Å². The van der Waals surface area contributed by atoms with Crippen molar-refractivity contribution >= 4 is 11.9 Å². The molecule has 1 aromatic heterocycles. The molecule has 0 aliphatic carbocycles. The Hall–Kier alpha value is -1.82. The largest absolute Gasteiger partial charge is 0.478 e. The molecule has 1 aromatic rings. The molecule has 0 aliphatic heterocycles. The number of furan rings is 1. The van der Waals surface area contributed by atoms with Gasteiger partial charge in [-0.15, -0.1) is 0 Å². The number of rotatable bonds is 6. The number of nitrogens with one attached hydrogen (secondary N) is 1. The lowest BCUT2D eigenvalue weighted by molar-refractivity contribution is -0.142. The third-order valence-corrected chi connectivity index (χ3v) is 3.23. The Bertz CT molecular complexity index is 473. The molecule has 1 atom stereocenters. The monoisotopic (exact) mass is 269 g/mol. The van der Waals surface area contributed by atoms with Crippen molar-refractivity contribution in [1.29, 1.82) is 0 Å². The Balaban J connectivity index is 2.70. The van der Waals surface area contributed by atoms with Gasteiger partial charge in [0, 0.05) is 7.11 Å². The maximum atomic E-state index is 11.9. The first-order valence-corrected chi connectivity index (χ1v) is 6.00. The zero-order chi connectivity index (χ0) is 14.6. The fourth-order valence-corrected chi connectivity index (χ4v) is 1.60. The summed E-state index contributed by atoms with van der Waals surface area (Å²) in [5.74, 6) is -0.586. The van der Waals surface area contributed by atoms with E-state index in [1.165, 1.54) is 13.2 Å². The molecule has 1 amide bonds. The van der Waals surface area contributed by atoms with Crippen LogP contribution in [0.1, 0.15) is 42.1 Å². The Morgan fingerprint density at radius 3 is 2.58 bits per heavy atom. The van der Waals surface area contributed by atoms with Crippen LogP contribution in [-0.4, -0.2) is 29.7 Å². The first-order chi connectivity index (χ1) is 8.84. The van der Waals surface area contributed by atoms with Gasteiger partial charge >= 0.3 is 5.97 Å². The van der Waals surface area contributed by atoms with E-state index in [0.717, 1.165) is 0 Å². The van der Waals surface area contributed by atoms with E-state index in [4.69, 9.17) is 14.3 Å². The highest BCUT2D eigenvalue weighted by Crippen LogP contribution is 2.16. The minimum atomic E-state index is -1.05. The first kappa shape index (κ1) is 15.2. The summed E-state index contributed by atoms with van der Waals surface area (Å²) in [6.45, 7) is 5.24. The molecule has 0 aliphatic rings. The molecule has 1 unspecified atom stereocenters. The average molecular weight is 269 g/mol. The van der Waals surface area contributed by atoms with Crippen molar-refractivity contribution in [1.82, 2.24) is 5.32 Å². The molecule has 0 aromatic carbocycles. The summed E-state index contributed by atoms with van der Waals surface area (Å²) in [5, 5.41) is 11.6.